The molecular formula is C23H21FN2O2S. The van der Waals surface area contributed by atoms with Gasteiger partial charge in [0.1, 0.15) is 10.7 Å². The Hall–Kier alpha value is -2.83. The van der Waals surface area contributed by atoms with Gasteiger partial charge >= 0.3 is 0 Å². The molecule has 2 aromatic carbocycles. The van der Waals surface area contributed by atoms with E-state index in [2.05, 4.69) is 29.4 Å². The van der Waals surface area contributed by atoms with E-state index in [-0.39, 0.29) is 18.3 Å². The number of thiophene rings is 1. The number of aryl methyl sites for hydroxylation is 1. The minimum atomic E-state index is -0.641. The second-order valence-corrected chi connectivity index (χ2v) is 8.10. The fraction of sp³-hybridized carbons (Fsp3) is 0.217. The number of aromatic nitrogens is 1. The molecule has 0 fully saturated rings. The fourth-order valence-corrected chi connectivity index (χ4v) is 4.62. The summed E-state index contributed by atoms with van der Waals surface area (Å²) in [5, 5.41) is 14.2. The van der Waals surface area contributed by atoms with Crippen molar-refractivity contribution >= 4 is 38.2 Å². The Bertz CT molecular complexity index is 1200. The van der Waals surface area contributed by atoms with E-state index in [4.69, 9.17) is 0 Å². The molecule has 2 N–H and O–H groups in total. The molecule has 0 radical (unpaired) electrons. The third kappa shape index (κ3) is 3.73. The summed E-state index contributed by atoms with van der Waals surface area (Å²) >= 11 is 1.40. The first-order chi connectivity index (χ1) is 14.0. The van der Waals surface area contributed by atoms with Crippen LogP contribution in [0, 0.1) is 5.82 Å². The van der Waals surface area contributed by atoms with Gasteiger partial charge in [-0.15, -0.1) is 11.3 Å². The maximum atomic E-state index is 13.5. The normalized spacial score (nSPS) is 12.4. The highest BCUT2D eigenvalue weighted by molar-refractivity contribution is 7.22. The van der Waals surface area contributed by atoms with E-state index >= 15 is 0 Å². The second-order valence-electron chi connectivity index (χ2n) is 7.08. The number of nitrogens with one attached hydrogen (secondary N) is 1. The smallest absolute Gasteiger partial charge is 0.262 e. The summed E-state index contributed by atoms with van der Waals surface area (Å²) in [4.78, 5) is 18.1. The van der Waals surface area contributed by atoms with Crippen LogP contribution in [0.15, 0.2) is 48.7 Å². The van der Waals surface area contributed by atoms with Gasteiger partial charge in [0, 0.05) is 33.8 Å². The monoisotopic (exact) mass is 408 g/mol. The topological polar surface area (TPSA) is 62.2 Å². The lowest BCUT2D eigenvalue weighted by Crippen LogP contribution is -2.30. The lowest BCUT2D eigenvalue weighted by molar-refractivity contribution is 0.0928. The number of carbonyl (C=O) groups is 1. The van der Waals surface area contributed by atoms with Crippen LogP contribution in [0.3, 0.4) is 0 Å². The van der Waals surface area contributed by atoms with Crippen molar-refractivity contribution in [2.75, 3.05) is 6.54 Å². The Kier molecular flexibility index (Phi) is 5.30. The first-order valence-corrected chi connectivity index (χ1v) is 10.4. The van der Waals surface area contributed by atoms with Crippen molar-refractivity contribution in [3.63, 3.8) is 0 Å². The Labute approximate surface area is 172 Å². The number of hydrogen-bond donors (Lipinski definition) is 2. The van der Waals surface area contributed by atoms with Crippen molar-refractivity contribution in [3.8, 4) is 11.1 Å². The molecule has 4 nitrogen and oxygen atoms in total. The highest BCUT2D eigenvalue weighted by Gasteiger charge is 2.22. The van der Waals surface area contributed by atoms with Crippen LogP contribution in [0.4, 0.5) is 4.39 Å². The van der Waals surface area contributed by atoms with Gasteiger partial charge in [0.05, 0.1) is 11.6 Å². The van der Waals surface area contributed by atoms with Gasteiger partial charge in [-0.2, -0.15) is 0 Å². The Morgan fingerprint density at radius 1 is 1.21 bits per heavy atom. The predicted molar refractivity (Wildman–Crippen MR) is 116 cm³/mol. The molecule has 148 valence electrons. The number of pyridine rings is 1. The van der Waals surface area contributed by atoms with Crippen molar-refractivity contribution in [1.29, 1.82) is 0 Å². The summed E-state index contributed by atoms with van der Waals surface area (Å²) in [7, 11) is 0. The minimum absolute atomic E-state index is 0.162. The van der Waals surface area contributed by atoms with Crippen molar-refractivity contribution < 1.29 is 14.3 Å². The lowest BCUT2D eigenvalue weighted by Gasteiger charge is -2.08. The van der Waals surface area contributed by atoms with Crippen LogP contribution in [0.5, 0.6) is 0 Å². The van der Waals surface area contributed by atoms with Gasteiger partial charge in [0.25, 0.3) is 5.91 Å². The van der Waals surface area contributed by atoms with E-state index in [1.807, 2.05) is 6.07 Å². The van der Waals surface area contributed by atoms with Crippen LogP contribution in [0.1, 0.15) is 29.1 Å². The minimum Gasteiger partial charge on any atom is -0.392 e. The molecule has 1 unspecified atom stereocenters. The molecule has 0 aliphatic rings. The number of amides is 1. The Morgan fingerprint density at radius 2 is 1.97 bits per heavy atom. The first kappa shape index (κ1) is 19.5. The standard InChI is InChI=1S/C23H21FN2O2S/c1-3-14-4-9-19-17(10-14)21-18(12-25-19)20(15-5-7-16(24)8-6-15)22(29-21)23(28)26-11-13(2)27/h4-10,12-13,27H,3,11H2,1-2H3,(H,26,28). The number of hydrogen-bond acceptors (Lipinski definition) is 4. The Morgan fingerprint density at radius 3 is 2.66 bits per heavy atom. The summed E-state index contributed by atoms with van der Waals surface area (Å²) in [5.74, 6) is -0.587. The number of fused-ring (bicyclic) bond motifs is 3. The van der Waals surface area contributed by atoms with Gasteiger partial charge in [-0.05, 0) is 48.7 Å². The molecule has 0 spiro atoms. The molecule has 6 heteroatoms. The fourth-order valence-electron chi connectivity index (χ4n) is 3.38. The van der Waals surface area contributed by atoms with Crippen molar-refractivity contribution in [1.82, 2.24) is 10.3 Å². The van der Waals surface area contributed by atoms with Gasteiger partial charge in [-0.3, -0.25) is 9.78 Å². The molecular weight excluding hydrogens is 387 g/mol. The SMILES string of the molecule is CCc1ccc2ncc3c(-c4ccc(F)cc4)c(C(=O)NCC(C)O)sc3c2c1. The molecule has 2 heterocycles. The molecule has 1 amide bonds. The van der Waals surface area contributed by atoms with Gasteiger partial charge < -0.3 is 10.4 Å². The number of carbonyl (C=O) groups excluding carboxylic acids is 1. The average molecular weight is 408 g/mol. The molecule has 2 aromatic heterocycles. The molecule has 1 atom stereocenters. The number of halogens is 1. The molecule has 4 rings (SSSR count). The third-order valence-electron chi connectivity index (χ3n) is 4.89. The van der Waals surface area contributed by atoms with Crippen LogP contribution in [-0.2, 0) is 6.42 Å². The van der Waals surface area contributed by atoms with E-state index in [0.717, 1.165) is 38.5 Å². The summed E-state index contributed by atoms with van der Waals surface area (Å²) in [6.45, 7) is 3.88. The number of nitrogens with zero attached hydrogens (tertiary/aromatic N) is 1. The van der Waals surface area contributed by atoms with Gasteiger partial charge in [-0.25, -0.2) is 4.39 Å². The summed E-state index contributed by atoms with van der Waals surface area (Å²) in [6.07, 6.45) is 2.05. The zero-order chi connectivity index (χ0) is 20.5. The number of rotatable bonds is 5. The molecule has 0 aliphatic carbocycles. The molecule has 29 heavy (non-hydrogen) atoms. The highest BCUT2D eigenvalue weighted by Crippen LogP contribution is 2.41. The van der Waals surface area contributed by atoms with Crippen LogP contribution in [0.2, 0.25) is 0 Å². The van der Waals surface area contributed by atoms with Gasteiger partial charge in [0.15, 0.2) is 0 Å². The van der Waals surface area contributed by atoms with Gasteiger partial charge in [0.2, 0.25) is 0 Å². The van der Waals surface area contributed by atoms with E-state index in [0.29, 0.717) is 4.88 Å². The number of aliphatic hydroxyl groups is 1. The van der Waals surface area contributed by atoms with E-state index in [1.165, 1.54) is 29.0 Å². The number of benzene rings is 2. The predicted octanol–water partition coefficient (Wildman–Crippen LogP) is 4.93. The van der Waals surface area contributed by atoms with Gasteiger partial charge in [-0.1, -0.05) is 25.1 Å². The quantitative estimate of drug-likeness (QED) is 0.492. The average Bonchev–Trinajstić information content (AvgIpc) is 3.12. The Balaban J connectivity index is 1.98. The van der Waals surface area contributed by atoms with Crippen molar-refractivity contribution in [3.05, 3.63) is 64.9 Å². The molecule has 0 aliphatic heterocycles. The zero-order valence-electron chi connectivity index (χ0n) is 16.2. The van der Waals surface area contributed by atoms with Crippen LogP contribution in [-0.4, -0.2) is 28.6 Å². The maximum absolute atomic E-state index is 13.5. The zero-order valence-corrected chi connectivity index (χ0v) is 17.0. The highest BCUT2D eigenvalue weighted by atomic mass is 32.1. The second kappa shape index (κ2) is 7.89. The van der Waals surface area contributed by atoms with Crippen LogP contribution in [0.25, 0.3) is 32.1 Å². The van der Waals surface area contributed by atoms with E-state index < -0.39 is 6.10 Å². The first-order valence-electron chi connectivity index (χ1n) is 9.54. The largest absolute Gasteiger partial charge is 0.392 e. The third-order valence-corrected chi connectivity index (χ3v) is 6.13. The summed E-state index contributed by atoms with van der Waals surface area (Å²) < 4.78 is 14.5. The molecule has 4 aromatic rings. The molecule has 0 bridgehead atoms. The molecule has 0 saturated heterocycles. The molecule has 0 saturated carbocycles. The summed E-state index contributed by atoms with van der Waals surface area (Å²) in [6, 6.07) is 12.3. The van der Waals surface area contributed by atoms with E-state index in [9.17, 15) is 14.3 Å². The van der Waals surface area contributed by atoms with Crippen molar-refractivity contribution in [2.45, 2.75) is 26.4 Å². The summed E-state index contributed by atoms with van der Waals surface area (Å²) in [5.41, 5.74) is 3.57. The number of aliphatic hydroxyl groups excluding tert-OH is 1. The maximum Gasteiger partial charge on any atom is 0.262 e. The van der Waals surface area contributed by atoms with Crippen molar-refractivity contribution in [2.24, 2.45) is 0 Å². The lowest BCUT2D eigenvalue weighted by atomic mass is 10.0. The van der Waals surface area contributed by atoms with E-state index in [1.54, 1.807) is 25.3 Å². The van der Waals surface area contributed by atoms with Crippen LogP contribution < -0.4 is 5.32 Å². The van der Waals surface area contributed by atoms with Crippen LogP contribution >= 0.6 is 11.3 Å².